The number of carbonyl (C=O) groups excluding carboxylic acids is 1. The second-order valence-electron chi connectivity index (χ2n) is 5.13. The Balaban J connectivity index is 3.86. The van der Waals surface area contributed by atoms with Crippen molar-refractivity contribution in [3.05, 3.63) is 23.8 Å². The summed E-state index contributed by atoms with van der Waals surface area (Å²) in [7, 11) is 3.15. The molecule has 0 aromatic rings. The smallest absolute Gasteiger partial charge is 0.330 e. The predicted octanol–water partition coefficient (Wildman–Crippen LogP) is 3.89. The molecule has 0 aliphatic carbocycles. The van der Waals surface area contributed by atoms with Crippen molar-refractivity contribution in [2.24, 2.45) is 5.92 Å². The summed E-state index contributed by atoms with van der Waals surface area (Å²) in [5, 5.41) is 0. The van der Waals surface area contributed by atoms with Crippen LogP contribution < -0.4 is 0 Å². The fourth-order valence-electron chi connectivity index (χ4n) is 1.77. The van der Waals surface area contributed by atoms with E-state index in [1.54, 1.807) is 7.11 Å². The van der Waals surface area contributed by atoms with Gasteiger partial charge in [-0.25, -0.2) is 4.79 Å². The molecule has 2 unspecified atom stereocenters. The van der Waals surface area contributed by atoms with Gasteiger partial charge in [-0.2, -0.15) is 0 Å². The lowest BCUT2D eigenvalue weighted by Gasteiger charge is -2.11. The number of ether oxygens (including phenoxy) is 2. The Bertz CT molecular complexity index is 305. The Morgan fingerprint density at radius 3 is 2.47 bits per heavy atom. The molecule has 0 fully saturated rings. The van der Waals surface area contributed by atoms with E-state index in [0.717, 1.165) is 18.4 Å². The molecule has 110 valence electrons. The van der Waals surface area contributed by atoms with Crippen LogP contribution in [0.4, 0.5) is 0 Å². The molecule has 2 atom stereocenters. The molecule has 0 amide bonds. The lowest BCUT2D eigenvalue weighted by Crippen LogP contribution is -2.05. The minimum absolute atomic E-state index is 0.302. The van der Waals surface area contributed by atoms with Crippen molar-refractivity contribution in [1.82, 2.24) is 0 Å². The summed E-state index contributed by atoms with van der Waals surface area (Å²) in [6, 6.07) is 0. The summed E-state index contributed by atoms with van der Waals surface area (Å²) in [6.07, 6.45) is 10.5. The molecular formula is C16H28O3. The molecule has 0 aromatic carbocycles. The molecule has 3 nitrogen and oxygen atoms in total. The van der Waals surface area contributed by atoms with E-state index in [1.807, 2.05) is 13.0 Å². The summed E-state index contributed by atoms with van der Waals surface area (Å²) in [6.45, 7) is 6.26. The lowest BCUT2D eigenvalue weighted by atomic mass is 9.99. The van der Waals surface area contributed by atoms with Crippen LogP contribution in [-0.4, -0.2) is 26.3 Å². The van der Waals surface area contributed by atoms with Crippen LogP contribution in [-0.2, 0) is 14.3 Å². The fourth-order valence-corrected chi connectivity index (χ4v) is 1.77. The summed E-state index contributed by atoms with van der Waals surface area (Å²) < 4.78 is 9.80. The zero-order valence-corrected chi connectivity index (χ0v) is 12.9. The predicted molar refractivity (Wildman–Crippen MR) is 79.0 cm³/mol. The Morgan fingerprint density at radius 1 is 1.21 bits per heavy atom. The topological polar surface area (TPSA) is 35.5 Å². The average Bonchev–Trinajstić information content (AvgIpc) is 2.38. The number of methoxy groups -OCH3 is 2. The highest BCUT2D eigenvalue weighted by Gasteiger charge is 2.03. The molecule has 0 aliphatic rings. The zero-order valence-electron chi connectivity index (χ0n) is 12.9. The van der Waals surface area contributed by atoms with Gasteiger partial charge in [0.1, 0.15) is 0 Å². The Labute approximate surface area is 117 Å². The standard InChI is InChI=1S/C16H28O3/c1-13(9-7-11-15(3)18-4)8-6-10-14(2)12-16(17)19-5/h6,10,12-13,15H,7-9,11H2,1-5H3. The van der Waals surface area contributed by atoms with Crippen LogP contribution in [0.15, 0.2) is 23.8 Å². The van der Waals surface area contributed by atoms with Crippen LogP contribution in [0.3, 0.4) is 0 Å². The second kappa shape index (κ2) is 10.8. The second-order valence-corrected chi connectivity index (χ2v) is 5.13. The van der Waals surface area contributed by atoms with E-state index in [2.05, 4.69) is 24.7 Å². The van der Waals surface area contributed by atoms with Crippen molar-refractivity contribution in [1.29, 1.82) is 0 Å². The molecule has 0 saturated carbocycles. The molecule has 0 rings (SSSR count). The largest absolute Gasteiger partial charge is 0.466 e. The van der Waals surface area contributed by atoms with Gasteiger partial charge in [0.25, 0.3) is 0 Å². The van der Waals surface area contributed by atoms with Crippen LogP contribution >= 0.6 is 0 Å². The molecule has 0 N–H and O–H groups in total. The van der Waals surface area contributed by atoms with E-state index in [9.17, 15) is 4.79 Å². The molecular weight excluding hydrogens is 240 g/mol. The molecule has 0 spiro atoms. The number of esters is 1. The van der Waals surface area contributed by atoms with Gasteiger partial charge in [-0.1, -0.05) is 31.9 Å². The maximum atomic E-state index is 11.0. The molecule has 19 heavy (non-hydrogen) atoms. The third kappa shape index (κ3) is 10.5. The quantitative estimate of drug-likeness (QED) is 0.361. The van der Waals surface area contributed by atoms with Crippen LogP contribution in [0.5, 0.6) is 0 Å². The molecule has 0 heterocycles. The van der Waals surface area contributed by atoms with E-state index < -0.39 is 0 Å². The van der Waals surface area contributed by atoms with Gasteiger partial charge < -0.3 is 9.47 Å². The van der Waals surface area contributed by atoms with E-state index in [1.165, 1.54) is 26.0 Å². The maximum Gasteiger partial charge on any atom is 0.330 e. The highest BCUT2D eigenvalue weighted by Crippen LogP contribution is 2.14. The first kappa shape index (κ1) is 17.9. The average molecular weight is 268 g/mol. The van der Waals surface area contributed by atoms with Gasteiger partial charge in [0.15, 0.2) is 0 Å². The summed E-state index contributed by atoms with van der Waals surface area (Å²) in [5.41, 5.74) is 0.923. The molecule has 0 aromatic heterocycles. The zero-order chi connectivity index (χ0) is 14.7. The first-order valence-corrected chi connectivity index (χ1v) is 6.95. The number of allylic oxidation sites excluding steroid dienone is 3. The van der Waals surface area contributed by atoms with E-state index in [-0.39, 0.29) is 5.97 Å². The highest BCUT2D eigenvalue weighted by molar-refractivity contribution is 5.83. The summed E-state index contributed by atoms with van der Waals surface area (Å²) >= 11 is 0. The SMILES string of the molecule is COC(=O)C=C(C)C=CCC(C)CCCC(C)OC. The van der Waals surface area contributed by atoms with Crippen molar-refractivity contribution in [2.75, 3.05) is 14.2 Å². The van der Waals surface area contributed by atoms with Gasteiger partial charge in [-0.3, -0.25) is 0 Å². The highest BCUT2D eigenvalue weighted by atomic mass is 16.5. The molecule has 0 bridgehead atoms. The number of hydrogen-bond donors (Lipinski definition) is 0. The Morgan fingerprint density at radius 2 is 1.89 bits per heavy atom. The molecule has 0 aliphatic heterocycles. The minimum Gasteiger partial charge on any atom is -0.466 e. The normalized spacial score (nSPS) is 15.5. The van der Waals surface area contributed by atoms with Gasteiger partial charge in [0.2, 0.25) is 0 Å². The molecule has 0 saturated heterocycles. The van der Waals surface area contributed by atoms with Crippen molar-refractivity contribution in [3.63, 3.8) is 0 Å². The maximum absolute atomic E-state index is 11.0. The fraction of sp³-hybridized carbons (Fsp3) is 0.688. The summed E-state index contributed by atoms with van der Waals surface area (Å²) in [5.74, 6) is 0.356. The van der Waals surface area contributed by atoms with Gasteiger partial charge in [0, 0.05) is 13.2 Å². The summed E-state index contributed by atoms with van der Waals surface area (Å²) in [4.78, 5) is 11.0. The third-order valence-electron chi connectivity index (χ3n) is 3.18. The lowest BCUT2D eigenvalue weighted by molar-refractivity contribution is -0.134. The third-order valence-corrected chi connectivity index (χ3v) is 3.18. The number of carbonyl (C=O) groups is 1. The van der Waals surface area contributed by atoms with Crippen molar-refractivity contribution in [2.45, 2.75) is 52.6 Å². The van der Waals surface area contributed by atoms with Gasteiger partial charge in [-0.15, -0.1) is 0 Å². The molecule has 0 radical (unpaired) electrons. The van der Waals surface area contributed by atoms with Crippen LogP contribution in [0.2, 0.25) is 0 Å². The monoisotopic (exact) mass is 268 g/mol. The molecule has 3 heteroatoms. The van der Waals surface area contributed by atoms with Gasteiger partial charge in [0.05, 0.1) is 13.2 Å². The van der Waals surface area contributed by atoms with Gasteiger partial charge >= 0.3 is 5.97 Å². The first-order valence-electron chi connectivity index (χ1n) is 6.95. The first-order chi connectivity index (χ1) is 8.99. The van der Waals surface area contributed by atoms with Crippen molar-refractivity contribution >= 4 is 5.97 Å². The Hall–Kier alpha value is -1.09. The van der Waals surface area contributed by atoms with Gasteiger partial charge in [-0.05, 0) is 38.2 Å². The van der Waals surface area contributed by atoms with Crippen molar-refractivity contribution < 1.29 is 14.3 Å². The van der Waals surface area contributed by atoms with Crippen LogP contribution in [0, 0.1) is 5.92 Å². The van der Waals surface area contributed by atoms with Crippen LogP contribution in [0.1, 0.15) is 46.5 Å². The van der Waals surface area contributed by atoms with E-state index >= 15 is 0 Å². The van der Waals surface area contributed by atoms with Crippen LogP contribution in [0.25, 0.3) is 0 Å². The van der Waals surface area contributed by atoms with E-state index in [0.29, 0.717) is 12.0 Å². The number of hydrogen-bond acceptors (Lipinski definition) is 3. The minimum atomic E-state index is -0.302. The Kier molecular flexibility index (Phi) is 10.2. The number of rotatable bonds is 9. The van der Waals surface area contributed by atoms with Crippen molar-refractivity contribution in [3.8, 4) is 0 Å². The van der Waals surface area contributed by atoms with E-state index in [4.69, 9.17) is 4.74 Å².